The molecule has 182 valence electrons. The number of piperidine rings is 1. The van der Waals surface area contributed by atoms with Crippen molar-refractivity contribution in [3.63, 3.8) is 0 Å². The number of amides is 2. The molecule has 1 aliphatic carbocycles. The molecule has 0 saturated carbocycles. The summed E-state index contributed by atoms with van der Waals surface area (Å²) in [6, 6.07) is 3.93. The van der Waals surface area contributed by atoms with Crippen LogP contribution in [0.1, 0.15) is 58.6 Å². The third kappa shape index (κ3) is 7.82. The normalized spacial score (nSPS) is 19.7. The number of likely N-dealkylation sites (tertiary alicyclic amines) is 1. The van der Waals surface area contributed by atoms with E-state index in [9.17, 15) is 9.59 Å². The molecular weight excluding hydrogens is 422 g/mol. The maximum atomic E-state index is 12.2. The van der Waals surface area contributed by atoms with Crippen LogP contribution in [0.4, 0.5) is 4.79 Å². The van der Waals surface area contributed by atoms with Gasteiger partial charge in [0.1, 0.15) is 17.9 Å². The Hall–Kier alpha value is -2.45. The molecule has 3 N–H and O–H groups in total. The number of hydrogen-bond donors (Lipinski definition) is 2. The molecule has 1 saturated heterocycles. The molecule has 0 spiro atoms. The molecule has 0 aromatic carbocycles. The van der Waals surface area contributed by atoms with E-state index < -0.39 is 5.60 Å². The first kappa shape index (κ1) is 25.2. The molecule has 1 aliphatic heterocycles. The summed E-state index contributed by atoms with van der Waals surface area (Å²) >= 11 is 0. The first-order valence-corrected chi connectivity index (χ1v) is 12.0. The minimum absolute atomic E-state index is 0.0170. The molecule has 3 rings (SSSR count). The highest BCUT2D eigenvalue weighted by Crippen LogP contribution is 2.29. The van der Waals surface area contributed by atoms with Gasteiger partial charge in [-0.05, 0) is 76.5 Å². The zero-order valence-electron chi connectivity index (χ0n) is 20.1. The van der Waals surface area contributed by atoms with E-state index in [1.165, 1.54) is 5.57 Å². The number of quaternary nitrogens is 1. The lowest BCUT2D eigenvalue weighted by molar-refractivity contribution is -0.573. The second-order valence-electron chi connectivity index (χ2n) is 9.92. The molecule has 1 fully saturated rings. The van der Waals surface area contributed by atoms with Crippen LogP contribution in [0, 0.1) is 11.8 Å². The van der Waals surface area contributed by atoms with E-state index in [2.05, 4.69) is 11.1 Å². The fourth-order valence-electron chi connectivity index (χ4n) is 4.18. The van der Waals surface area contributed by atoms with Gasteiger partial charge in [-0.15, -0.1) is 0 Å². The summed E-state index contributed by atoms with van der Waals surface area (Å²) in [6.07, 6.45) is 7.79. The van der Waals surface area contributed by atoms with E-state index >= 15 is 0 Å². The molecule has 0 bridgehead atoms. The molecule has 8 heteroatoms. The van der Waals surface area contributed by atoms with Crippen molar-refractivity contribution in [3.8, 4) is 5.75 Å². The number of allylic oxidation sites excluding steroid dienone is 2. The second kappa shape index (κ2) is 11.6. The Morgan fingerprint density at radius 1 is 1.21 bits per heavy atom. The zero-order chi connectivity index (χ0) is 23.8. The highest BCUT2D eigenvalue weighted by Gasteiger charge is 2.27. The number of rotatable bonds is 7. The van der Waals surface area contributed by atoms with Crippen LogP contribution in [0.15, 0.2) is 24.4 Å². The van der Waals surface area contributed by atoms with E-state index in [0.29, 0.717) is 32.2 Å². The fraction of sp³-hybridized carbons (Fsp3) is 0.640. The Morgan fingerprint density at radius 2 is 1.97 bits per heavy atom. The third-order valence-corrected chi connectivity index (χ3v) is 6.11. The Kier molecular flexibility index (Phi) is 8.86. The van der Waals surface area contributed by atoms with E-state index in [1.54, 1.807) is 16.4 Å². The van der Waals surface area contributed by atoms with Crippen molar-refractivity contribution in [3.05, 3.63) is 30.1 Å². The quantitative estimate of drug-likeness (QED) is 0.647. The van der Waals surface area contributed by atoms with Crippen molar-refractivity contribution >= 4 is 17.6 Å². The third-order valence-electron chi connectivity index (χ3n) is 6.11. The standard InChI is InChI=1S/C25H37N3O5/c1-25(2,3)33-24(31)28-13-10-18(11-14-28)17-32-21-8-9-22(27-16-21)19-4-6-20(7-5-19)23(30)26-12-15-29/h4,8-9,16,18,20,29H,5-7,10-15,17H2,1-3H3,(H,26,30)/p+1. The fourth-order valence-corrected chi connectivity index (χ4v) is 4.18. The highest BCUT2D eigenvalue weighted by molar-refractivity contribution is 5.72. The molecule has 8 nitrogen and oxygen atoms in total. The summed E-state index contributed by atoms with van der Waals surface area (Å²) < 4.78 is 11.4. The minimum atomic E-state index is -0.470. The Balaban J connectivity index is 1.41. The summed E-state index contributed by atoms with van der Waals surface area (Å²) in [6.45, 7) is 8.08. The van der Waals surface area contributed by atoms with E-state index in [0.717, 1.165) is 43.5 Å². The molecule has 33 heavy (non-hydrogen) atoms. The van der Waals surface area contributed by atoms with Crippen molar-refractivity contribution in [1.82, 2.24) is 9.88 Å². The predicted octanol–water partition coefficient (Wildman–Crippen LogP) is 2.37. The maximum Gasteiger partial charge on any atom is 0.410 e. The molecule has 1 aromatic rings. The molecule has 1 unspecified atom stereocenters. The number of primary amides is 1. The van der Waals surface area contributed by atoms with Crippen molar-refractivity contribution in [2.45, 2.75) is 58.5 Å². The minimum Gasteiger partial charge on any atom is -0.492 e. The molecular formula is C25H38N3O5+. The number of ether oxygens (including phenoxy) is 2. The summed E-state index contributed by atoms with van der Waals surface area (Å²) in [7, 11) is 0. The van der Waals surface area contributed by atoms with Gasteiger partial charge in [-0.2, -0.15) is 0 Å². The summed E-state index contributed by atoms with van der Waals surface area (Å²) in [5, 5.41) is 10.5. The number of pyridine rings is 1. The molecule has 2 amide bonds. The lowest BCUT2D eigenvalue weighted by Gasteiger charge is -2.33. The second-order valence-corrected chi connectivity index (χ2v) is 9.92. The van der Waals surface area contributed by atoms with E-state index in [1.807, 2.05) is 32.9 Å². The van der Waals surface area contributed by atoms with Crippen LogP contribution in [-0.4, -0.2) is 65.4 Å². The van der Waals surface area contributed by atoms with Crippen molar-refractivity contribution in [1.29, 1.82) is 0 Å². The van der Waals surface area contributed by atoms with Gasteiger partial charge >= 0.3 is 12.0 Å². The number of aromatic nitrogens is 1. The molecule has 2 aliphatic rings. The number of hydrogen-bond acceptors (Lipinski definition) is 6. The highest BCUT2D eigenvalue weighted by atomic mass is 16.6. The van der Waals surface area contributed by atoms with Crippen LogP contribution in [0.2, 0.25) is 0 Å². The Labute approximate surface area is 196 Å². The summed E-state index contributed by atoms with van der Waals surface area (Å²) in [4.78, 5) is 30.6. The maximum absolute atomic E-state index is 12.2. The van der Waals surface area contributed by atoms with Gasteiger partial charge in [-0.25, -0.2) is 9.59 Å². The molecule has 1 aromatic heterocycles. The van der Waals surface area contributed by atoms with E-state index in [-0.39, 0.29) is 24.5 Å². The van der Waals surface area contributed by atoms with Crippen LogP contribution in [0.3, 0.4) is 0 Å². The number of nitrogens with two attached hydrogens (primary N) is 1. The topological polar surface area (TPSA) is 106 Å². The average Bonchev–Trinajstić information content (AvgIpc) is 2.81. The monoisotopic (exact) mass is 460 g/mol. The van der Waals surface area contributed by atoms with Crippen molar-refractivity contribution in [2.24, 2.45) is 11.8 Å². The number of nitrogens with zero attached hydrogens (tertiary/aromatic N) is 2. The summed E-state index contributed by atoms with van der Waals surface area (Å²) in [5.74, 6) is 1.30. The van der Waals surface area contributed by atoms with Crippen LogP contribution >= 0.6 is 0 Å². The largest absolute Gasteiger partial charge is 0.492 e. The number of carbonyl (C=O) groups excluding carboxylic acids is 2. The zero-order valence-corrected chi connectivity index (χ0v) is 20.1. The van der Waals surface area contributed by atoms with Gasteiger partial charge in [0.2, 0.25) is 0 Å². The number of aliphatic hydroxyl groups excluding tert-OH is 1. The predicted molar refractivity (Wildman–Crippen MR) is 124 cm³/mol. The van der Waals surface area contributed by atoms with Crippen LogP contribution in [0.5, 0.6) is 5.75 Å². The van der Waals surface area contributed by atoms with Crippen LogP contribution in [-0.2, 0) is 9.53 Å². The Bertz CT molecular complexity index is 823. The van der Waals surface area contributed by atoms with Gasteiger partial charge in [0.05, 0.1) is 31.0 Å². The van der Waals surface area contributed by atoms with Crippen molar-refractivity contribution in [2.75, 3.05) is 32.8 Å². The number of carbonyl (C=O) groups is 2. The first-order valence-electron chi connectivity index (χ1n) is 12.0. The molecule has 0 radical (unpaired) electrons. The lowest BCUT2D eigenvalue weighted by atomic mass is 9.87. The van der Waals surface area contributed by atoms with Gasteiger partial charge in [-0.3, -0.25) is 10.3 Å². The van der Waals surface area contributed by atoms with Gasteiger partial charge in [0.15, 0.2) is 0 Å². The lowest BCUT2D eigenvalue weighted by Crippen LogP contribution is -2.90. The van der Waals surface area contributed by atoms with Crippen LogP contribution in [0.25, 0.3) is 5.57 Å². The first-order chi connectivity index (χ1) is 15.7. The summed E-state index contributed by atoms with van der Waals surface area (Å²) in [5.41, 5.74) is 1.63. The SMILES string of the molecule is CC(C)(C)OC(=O)N1CCC(COc2ccc(C3=CCC(C(=O)[NH2+]CCO)CC3)nc2)CC1. The van der Waals surface area contributed by atoms with Gasteiger partial charge in [0.25, 0.3) is 0 Å². The van der Waals surface area contributed by atoms with Crippen molar-refractivity contribution < 1.29 is 29.5 Å². The van der Waals surface area contributed by atoms with Gasteiger partial charge in [0, 0.05) is 13.1 Å². The Morgan fingerprint density at radius 3 is 2.55 bits per heavy atom. The molecule has 1 atom stereocenters. The van der Waals surface area contributed by atoms with Gasteiger partial charge < -0.3 is 19.5 Å². The smallest absolute Gasteiger partial charge is 0.410 e. The molecule has 2 heterocycles. The van der Waals surface area contributed by atoms with E-state index in [4.69, 9.17) is 14.6 Å². The van der Waals surface area contributed by atoms with Crippen LogP contribution < -0.4 is 10.1 Å². The average molecular weight is 461 g/mol. The number of aliphatic hydroxyl groups is 1. The van der Waals surface area contributed by atoms with Gasteiger partial charge in [-0.1, -0.05) is 6.08 Å².